The Morgan fingerprint density at radius 3 is 2.67 bits per heavy atom. The summed E-state index contributed by atoms with van der Waals surface area (Å²) >= 11 is 1.76. The van der Waals surface area contributed by atoms with Crippen LogP contribution in [0.25, 0.3) is 0 Å². The first kappa shape index (κ1) is 13.3. The van der Waals surface area contributed by atoms with E-state index in [1.54, 1.807) is 11.3 Å². The highest BCUT2D eigenvalue weighted by Gasteiger charge is 2.05. The smallest absolute Gasteiger partial charge is 0.0704 e. The molecule has 0 spiro atoms. The van der Waals surface area contributed by atoms with Crippen molar-refractivity contribution in [2.45, 2.75) is 26.0 Å². The summed E-state index contributed by atoms with van der Waals surface area (Å²) in [6.07, 6.45) is 0.379. The van der Waals surface area contributed by atoms with Crippen LogP contribution in [0.4, 0.5) is 0 Å². The summed E-state index contributed by atoms with van der Waals surface area (Å²) in [5, 5.41) is 15.4. The van der Waals surface area contributed by atoms with Crippen LogP contribution in [0, 0.1) is 6.92 Å². The molecule has 2 rings (SSSR count). The third-order valence-corrected chi connectivity index (χ3v) is 3.97. The zero-order valence-electron chi connectivity index (χ0n) is 10.6. The fraction of sp³-hybridized carbons (Fsp3) is 0.333. The van der Waals surface area contributed by atoms with Crippen LogP contribution in [0.2, 0.25) is 0 Å². The van der Waals surface area contributed by atoms with Gasteiger partial charge in [-0.15, -0.1) is 11.3 Å². The lowest BCUT2D eigenvalue weighted by molar-refractivity contribution is 0.171. The van der Waals surface area contributed by atoms with Gasteiger partial charge in [0.1, 0.15) is 0 Å². The van der Waals surface area contributed by atoms with E-state index in [1.165, 1.54) is 16.0 Å². The molecule has 0 bridgehead atoms. The summed E-state index contributed by atoms with van der Waals surface area (Å²) in [5.74, 6) is 0. The molecule has 1 heterocycles. The van der Waals surface area contributed by atoms with Gasteiger partial charge >= 0.3 is 0 Å². The Morgan fingerprint density at radius 1 is 1.22 bits per heavy atom. The number of hydrogen-bond donors (Lipinski definition) is 2. The molecule has 2 nitrogen and oxygen atoms in total. The van der Waals surface area contributed by atoms with E-state index >= 15 is 0 Å². The van der Waals surface area contributed by atoms with Crippen molar-refractivity contribution in [3.63, 3.8) is 0 Å². The number of thiophene rings is 1. The SMILES string of the molecule is Cc1ccsc1CNCC(O)Cc1ccccc1. The highest BCUT2D eigenvalue weighted by Crippen LogP contribution is 2.14. The first-order chi connectivity index (χ1) is 8.75. The molecule has 0 aliphatic rings. The van der Waals surface area contributed by atoms with Gasteiger partial charge in [-0.2, -0.15) is 0 Å². The molecule has 0 aliphatic carbocycles. The number of benzene rings is 1. The molecule has 3 heteroatoms. The number of aliphatic hydroxyl groups is 1. The molecule has 2 N–H and O–H groups in total. The first-order valence-corrected chi connectivity index (χ1v) is 7.09. The molecule has 0 radical (unpaired) electrons. The Balaban J connectivity index is 1.72. The van der Waals surface area contributed by atoms with Crippen molar-refractivity contribution in [1.29, 1.82) is 0 Å². The van der Waals surface area contributed by atoms with Gasteiger partial charge in [-0.3, -0.25) is 0 Å². The van der Waals surface area contributed by atoms with Gasteiger partial charge in [0.25, 0.3) is 0 Å². The minimum Gasteiger partial charge on any atom is -0.391 e. The van der Waals surface area contributed by atoms with Gasteiger partial charge in [0.15, 0.2) is 0 Å². The Hall–Kier alpha value is -1.16. The van der Waals surface area contributed by atoms with Crippen molar-refractivity contribution in [2.75, 3.05) is 6.54 Å². The largest absolute Gasteiger partial charge is 0.391 e. The third-order valence-electron chi connectivity index (χ3n) is 2.95. The van der Waals surface area contributed by atoms with Gasteiger partial charge in [0.05, 0.1) is 6.10 Å². The average Bonchev–Trinajstić information content (AvgIpc) is 2.76. The molecule has 2 aromatic rings. The molecule has 1 atom stereocenters. The molecule has 0 fully saturated rings. The van der Waals surface area contributed by atoms with Crippen molar-refractivity contribution < 1.29 is 5.11 Å². The first-order valence-electron chi connectivity index (χ1n) is 6.21. The van der Waals surface area contributed by atoms with Crippen LogP contribution >= 0.6 is 11.3 Å². The topological polar surface area (TPSA) is 32.3 Å². The predicted molar refractivity (Wildman–Crippen MR) is 76.9 cm³/mol. The molecule has 0 saturated carbocycles. The lowest BCUT2D eigenvalue weighted by atomic mass is 10.1. The van der Waals surface area contributed by atoms with E-state index in [0.29, 0.717) is 13.0 Å². The van der Waals surface area contributed by atoms with E-state index in [2.05, 4.69) is 23.7 Å². The number of aliphatic hydroxyl groups excluding tert-OH is 1. The van der Waals surface area contributed by atoms with E-state index in [1.807, 2.05) is 30.3 Å². The number of aryl methyl sites for hydroxylation is 1. The molecular weight excluding hydrogens is 242 g/mol. The van der Waals surface area contributed by atoms with E-state index < -0.39 is 0 Å². The Bertz CT molecular complexity index is 466. The summed E-state index contributed by atoms with van der Waals surface area (Å²) in [5.41, 5.74) is 2.50. The Labute approximate surface area is 112 Å². The highest BCUT2D eigenvalue weighted by atomic mass is 32.1. The Kier molecular flexibility index (Phi) is 4.93. The lowest BCUT2D eigenvalue weighted by Gasteiger charge is -2.11. The number of nitrogens with one attached hydrogen (secondary N) is 1. The summed E-state index contributed by atoms with van der Waals surface area (Å²) in [7, 11) is 0. The molecule has 1 aromatic heterocycles. The van der Waals surface area contributed by atoms with E-state index in [-0.39, 0.29) is 6.10 Å². The molecule has 0 amide bonds. The normalized spacial score (nSPS) is 12.6. The monoisotopic (exact) mass is 261 g/mol. The quantitative estimate of drug-likeness (QED) is 0.838. The minimum absolute atomic E-state index is 0.326. The van der Waals surface area contributed by atoms with Crippen molar-refractivity contribution in [3.8, 4) is 0 Å². The van der Waals surface area contributed by atoms with Crippen molar-refractivity contribution in [2.24, 2.45) is 0 Å². The van der Waals surface area contributed by atoms with Gasteiger partial charge < -0.3 is 10.4 Å². The van der Waals surface area contributed by atoms with Gasteiger partial charge in [0, 0.05) is 18.0 Å². The molecule has 1 aromatic carbocycles. The van der Waals surface area contributed by atoms with Crippen LogP contribution in [0.5, 0.6) is 0 Å². The standard InChI is InChI=1S/C15H19NOS/c1-12-7-8-18-15(12)11-16-10-14(17)9-13-5-3-2-4-6-13/h2-8,14,16-17H,9-11H2,1H3. The fourth-order valence-electron chi connectivity index (χ4n) is 1.90. The fourth-order valence-corrected chi connectivity index (χ4v) is 2.77. The van der Waals surface area contributed by atoms with Crippen molar-refractivity contribution in [1.82, 2.24) is 5.32 Å². The number of hydrogen-bond acceptors (Lipinski definition) is 3. The molecule has 0 saturated heterocycles. The summed E-state index contributed by atoms with van der Waals surface area (Å²) in [6.45, 7) is 3.59. The van der Waals surface area contributed by atoms with Crippen LogP contribution in [0.3, 0.4) is 0 Å². The molecule has 1 unspecified atom stereocenters. The maximum Gasteiger partial charge on any atom is 0.0704 e. The maximum absolute atomic E-state index is 9.94. The summed E-state index contributed by atoms with van der Waals surface area (Å²) < 4.78 is 0. The second kappa shape index (κ2) is 6.69. The zero-order chi connectivity index (χ0) is 12.8. The molecular formula is C15H19NOS. The summed E-state index contributed by atoms with van der Waals surface area (Å²) in [4.78, 5) is 1.35. The van der Waals surface area contributed by atoms with Gasteiger partial charge in [-0.05, 0) is 35.9 Å². The van der Waals surface area contributed by atoms with E-state index in [4.69, 9.17) is 0 Å². The van der Waals surface area contributed by atoms with Crippen LogP contribution in [0.15, 0.2) is 41.8 Å². The average molecular weight is 261 g/mol. The highest BCUT2D eigenvalue weighted by molar-refractivity contribution is 7.10. The molecule has 18 heavy (non-hydrogen) atoms. The lowest BCUT2D eigenvalue weighted by Crippen LogP contribution is -2.27. The van der Waals surface area contributed by atoms with E-state index in [0.717, 1.165) is 6.54 Å². The molecule has 96 valence electrons. The second-order valence-corrected chi connectivity index (χ2v) is 5.50. The zero-order valence-corrected chi connectivity index (χ0v) is 11.4. The second-order valence-electron chi connectivity index (χ2n) is 4.50. The molecule has 0 aliphatic heterocycles. The third kappa shape index (κ3) is 3.95. The number of rotatable bonds is 6. The van der Waals surface area contributed by atoms with Gasteiger partial charge in [0.2, 0.25) is 0 Å². The van der Waals surface area contributed by atoms with Crippen molar-refractivity contribution >= 4 is 11.3 Å². The van der Waals surface area contributed by atoms with Gasteiger partial charge in [-0.1, -0.05) is 30.3 Å². The Morgan fingerprint density at radius 2 is 2.00 bits per heavy atom. The predicted octanol–water partition coefficient (Wildman–Crippen LogP) is 2.75. The van der Waals surface area contributed by atoms with E-state index in [9.17, 15) is 5.11 Å². The summed E-state index contributed by atoms with van der Waals surface area (Å²) in [6, 6.07) is 12.2. The van der Waals surface area contributed by atoms with Crippen LogP contribution in [-0.4, -0.2) is 17.8 Å². The van der Waals surface area contributed by atoms with Crippen LogP contribution in [0.1, 0.15) is 16.0 Å². The minimum atomic E-state index is -0.326. The van der Waals surface area contributed by atoms with Crippen LogP contribution in [-0.2, 0) is 13.0 Å². The maximum atomic E-state index is 9.94. The van der Waals surface area contributed by atoms with Crippen molar-refractivity contribution in [3.05, 3.63) is 57.8 Å². The van der Waals surface area contributed by atoms with Crippen LogP contribution < -0.4 is 5.32 Å². The van der Waals surface area contributed by atoms with Gasteiger partial charge in [-0.25, -0.2) is 0 Å².